The van der Waals surface area contributed by atoms with Gasteiger partial charge < -0.3 is 15.8 Å². The lowest BCUT2D eigenvalue weighted by Crippen LogP contribution is -2.49. The molecule has 0 radical (unpaired) electrons. The summed E-state index contributed by atoms with van der Waals surface area (Å²) in [5.41, 5.74) is 11.0. The zero-order valence-electron chi connectivity index (χ0n) is 18.0. The fourth-order valence-electron chi connectivity index (χ4n) is 4.40. The molecule has 1 aliphatic rings. The van der Waals surface area contributed by atoms with E-state index in [1.54, 1.807) is 7.11 Å². The molecule has 3 heterocycles. The molecule has 3 N–H and O–H groups in total. The summed E-state index contributed by atoms with van der Waals surface area (Å²) in [6.07, 6.45) is 5.99. The molecule has 2 atom stereocenters. The summed E-state index contributed by atoms with van der Waals surface area (Å²) in [5, 5.41) is 5.12. The summed E-state index contributed by atoms with van der Waals surface area (Å²) in [6.45, 7) is 0. The molecule has 3 aromatic heterocycles. The van der Waals surface area contributed by atoms with Crippen molar-refractivity contribution < 1.29 is 9.53 Å². The SMILES string of the molecule is COc1cc(-c2ccccc2)cc2ncc(-c3csc(C(=O)N[C@H]4CCCC[C@H]4N)c3)n12. The van der Waals surface area contributed by atoms with E-state index >= 15 is 0 Å². The summed E-state index contributed by atoms with van der Waals surface area (Å²) in [7, 11) is 1.66. The number of aromatic nitrogens is 2. The Labute approximate surface area is 191 Å². The number of ether oxygens (including phenoxy) is 1. The molecule has 1 aliphatic carbocycles. The van der Waals surface area contributed by atoms with E-state index in [1.807, 2.05) is 52.4 Å². The molecular weight excluding hydrogens is 420 g/mol. The number of nitrogens with one attached hydrogen (secondary N) is 1. The molecule has 5 rings (SSSR count). The van der Waals surface area contributed by atoms with Crippen molar-refractivity contribution in [2.45, 2.75) is 37.8 Å². The van der Waals surface area contributed by atoms with Crippen molar-refractivity contribution in [1.29, 1.82) is 0 Å². The summed E-state index contributed by atoms with van der Waals surface area (Å²) in [5.74, 6) is 0.634. The molecule has 1 saturated carbocycles. The molecular formula is C25H26N4O2S. The number of hydrogen-bond acceptors (Lipinski definition) is 5. The molecule has 164 valence electrons. The molecule has 1 amide bonds. The molecule has 1 fully saturated rings. The van der Waals surface area contributed by atoms with Gasteiger partial charge in [0, 0.05) is 29.1 Å². The number of rotatable bonds is 5. The fourth-order valence-corrected chi connectivity index (χ4v) is 5.20. The van der Waals surface area contributed by atoms with Gasteiger partial charge in [-0.25, -0.2) is 4.98 Å². The van der Waals surface area contributed by atoms with Crippen molar-refractivity contribution >= 4 is 22.9 Å². The summed E-state index contributed by atoms with van der Waals surface area (Å²) in [6, 6.07) is 16.2. The number of carbonyl (C=O) groups excluding carboxylic acids is 1. The first-order valence-electron chi connectivity index (χ1n) is 10.9. The molecule has 0 saturated heterocycles. The van der Waals surface area contributed by atoms with Gasteiger partial charge in [-0.3, -0.25) is 9.20 Å². The number of hydrogen-bond donors (Lipinski definition) is 2. The molecule has 0 spiro atoms. The lowest BCUT2D eigenvalue weighted by molar-refractivity contribution is 0.0925. The number of nitrogens with two attached hydrogens (primary N) is 1. The maximum absolute atomic E-state index is 12.8. The van der Waals surface area contributed by atoms with Gasteiger partial charge >= 0.3 is 0 Å². The van der Waals surface area contributed by atoms with E-state index in [2.05, 4.69) is 22.4 Å². The zero-order valence-corrected chi connectivity index (χ0v) is 18.8. The Hall–Kier alpha value is -3.16. The van der Waals surface area contributed by atoms with Gasteiger partial charge in [-0.05, 0) is 36.1 Å². The molecule has 0 aliphatic heterocycles. The summed E-state index contributed by atoms with van der Waals surface area (Å²) in [4.78, 5) is 18.1. The van der Waals surface area contributed by atoms with Crippen LogP contribution in [0.1, 0.15) is 35.4 Å². The minimum atomic E-state index is -0.0595. The number of pyridine rings is 1. The van der Waals surface area contributed by atoms with Crippen molar-refractivity contribution in [3.63, 3.8) is 0 Å². The quantitative estimate of drug-likeness (QED) is 0.464. The van der Waals surface area contributed by atoms with Crippen LogP contribution in [-0.2, 0) is 0 Å². The summed E-state index contributed by atoms with van der Waals surface area (Å²) < 4.78 is 7.69. The Kier molecular flexibility index (Phi) is 5.68. The third kappa shape index (κ3) is 3.89. The lowest BCUT2D eigenvalue weighted by Gasteiger charge is -2.29. The maximum atomic E-state index is 12.8. The maximum Gasteiger partial charge on any atom is 0.261 e. The number of carbonyl (C=O) groups is 1. The smallest absolute Gasteiger partial charge is 0.261 e. The minimum absolute atomic E-state index is 0.0361. The van der Waals surface area contributed by atoms with E-state index in [4.69, 9.17) is 10.5 Å². The van der Waals surface area contributed by atoms with Gasteiger partial charge in [0.05, 0.1) is 23.9 Å². The highest BCUT2D eigenvalue weighted by atomic mass is 32.1. The highest BCUT2D eigenvalue weighted by molar-refractivity contribution is 7.12. The van der Waals surface area contributed by atoms with Crippen LogP contribution in [0.15, 0.2) is 60.1 Å². The van der Waals surface area contributed by atoms with Crippen LogP contribution in [0, 0.1) is 0 Å². The van der Waals surface area contributed by atoms with Crippen molar-refractivity contribution in [1.82, 2.24) is 14.7 Å². The molecule has 7 heteroatoms. The average Bonchev–Trinajstić information content (AvgIpc) is 3.48. The van der Waals surface area contributed by atoms with Crippen LogP contribution >= 0.6 is 11.3 Å². The van der Waals surface area contributed by atoms with Crippen LogP contribution in [-0.4, -0.2) is 34.5 Å². The van der Waals surface area contributed by atoms with E-state index < -0.39 is 0 Å². The monoisotopic (exact) mass is 446 g/mol. The second-order valence-corrected chi connectivity index (χ2v) is 9.13. The van der Waals surface area contributed by atoms with Crippen LogP contribution in [0.4, 0.5) is 0 Å². The Morgan fingerprint density at radius 3 is 2.72 bits per heavy atom. The van der Waals surface area contributed by atoms with Gasteiger partial charge in [-0.1, -0.05) is 43.2 Å². The van der Waals surface area contributed by atoms with Crippen LogP contribution in [0.25, 0.3) is 28.0 Å². The average molecular weight is 447 g/mol. The van der Waals surface area contributed by atoms with E-state index in [-0.39, 0.29) is 18.0 Å². The van der Waals surface area contributed by atoms with Crippen LogP contribution < -0.4 is 15.8 Å². The predicted molar refractivity (Wildman–Crippen MR) is 128 cm³/mol. The van der Waals surface area contributed by atoms with Gasteiger partial charge in [0.15, 0.2) is 5.88 Å². The van der Waals surface area contributed by atoms with Crippen molar-refractivity contribution in [2.24, 2.45) is 5.73 Å². The number of thiophene rings is 1. The van der Waals surface area contributed by atoms with Crippen LogP contribution in [0.5, 0.6) is 5.88 Å². The van der Waals surface area contributed by atoms with E-state index in [1.165, 1.54) is 11.3 Å². The van der Waals surface area contributed by atoms with Crippen molar-refractivity contribution in [2.75, 3.05) is 7.11 Å². The van der Waals surface area contributed by atoms with E-state index in [9.17, 15) is 4.79 Å². The second kappa shape index (κ2) is 8.76. The first kappa shape index (κ1) is 20.7. The van der Waals surface area contributed by atoms with Crippen LogP contribution in [0.2, 0.25) is 0 Å². The number of benzene rings is 1. The van der Waals surface area contributed by atoms with Gasteiger partial charge in [0.1, 0.15) is 5.65 Å². The lowest BCUT2D eigenvalue weighted by atomic mass is 9.91. The Bertz CT molecular complexity index is 1250. The zero-order chi connectivity index (χ0) is 22.1. The van der Waals surface area contributed by atoms with Crippen LogP contribution in [0.3, 0.4) is 0 Å². The number of imidazole rings is 1. The topological polar surface area (TPSA) is 81.6 Å². The Morgan fingerprint density at radius 1 is 1.12 bits per heavy atom. The number of nitrogens with zero attached hydrogens (tertiary/aromatic N) is 2. The van der Waals surface area contributed by atoms with Gasteiger partial charge in [-0.2, -0.15) is 0 Å². The molecule has 4 aromatic rings. The first-order valence-corrected chi connectivity index (χ1v) is 11.8. The first-order chi connectivity index (χ1) is 15.6. The summed E-state index contributed by atoms with van der Waals surface area (Å²) >= 11 is 1.43. The molecule has 32 heavy (non-hydrogen) atoms. The number of fused-ring (bicyclic) bond motifs is 1. The van der Waals surface area contributed by atoms with Gasteiger partial charge in [0.25, 0.3) is 5.91 Å². The normalized spacial score (nSPS) is 18.6. The Balaban J connectivity index is 1.45. The minimum Gasteiger partial charge on any atom is -0.482 e. The van der Waals surface area contributed by atoms with E-state index in [0.29, 0.717) is 10.8 Å². The van der Waals surface area contributed by atoms with Crippen molar-refractivity contribution in [3.05, 3.63) is 65.0 Å². The largest absolute Gasteiger partial charge is 0.482 e. The van der Waals surface area contributed by atoms with E-state index in [0.717, 1.165) is 53.7 Å². The third-order valence-corrected chi connectivity index (χ3v) is 7.07. The fraction of sp³-hybridized carbons (Fsp3) is 0.280. The molecule has 1 aromatic carbocycles. The Morgan fingerprint density at radius 2 is 1.94 bits per heavy atom. The second-order valence-electron chi connectivity index (χ2n) is 8.22. The molecule has 0 bridgehead atoms. The molecule has 6 nitrogen and oxygen atoms in total. The third-order valence-electron chi connectivity index (χ3n) is 6.14. The number of amides is 1. The van der Waals surface area contributed by atoms with Gasteiger partial charge in [-0.15, -0.1) is 11.3 Å². The molecule has 0 unspecified atom stereocenters. The van der Waals surface area contributed by atoms with Gasteiger partial charge in [0.2, 0.25) is 0 Å². The van der Waals surface area contributed by atoms with Crippen molar-refractivity contribution in [3.8, 4) is 28.3 Å². The predicted octanol–water partition coefficient (Wildman–Crippen LogP) is 4.74. The highest BCUT2D eigenvalue weighted by Gasteiger charge is 2.24. The number of methoxy groups -OCH3 is 1. The highest BCUT2D eigenvalue weighted by Crippen LogP contribution is 2.33. The standard InChI is InChI=1S/C25H26N4O2S/c1-31-24-13-17(16-7-3-2-4-8-16)12-23-27-14-21(29(23)24)18-11-22(32-15-18)25(30)28-20-10-6-5-9-19(20)26/h2-4,7-8,11-15,19-20H,5-6,9-10,26H2,1H3,(H,28,30)/t19-,20+/m1/s1.